The summed E-state index contributed by atoms with van der Waals surface area (Å²) in [6.45, 7) is 1.18. The molecule has 0 unspecified atom stereocenters. The molecule has 2 aromatic rings. The molecule has 8 heteroatoms. The average Bonchev–Trinajstić information content (AvgIpc) is 2.69. The highest BCUT2D eigenvalue weighted by molar-refractivity contribution is 7.89. The fourth-order valence-electron chi connectivity index (χ4n) is 2.72. The third-order valence-electron chi connectivity index (χ3n) is 4.33. The van der Waals surface area contributed by atoms with Crippen LogP contribution in [0, 0.1) is 0 Å². The molecule has 28 heavy (non-hydrogen) atoms. The van der Waals surface area contributed by atoms with Crippen molar-refractivity contribution in [3.8, 4) is 5.75 Å². The van der Waals surface area contributed by atoms with E-state index in [0.29, 0.717) is 13.1 Å². The molecule has 0 fully saturated rings. The third kappa shape index (κ3) is 5.24. The summed E-state index contributed by atoms with van der Waals surface area (Å²) < 4.78 is 30.9. The van der Waals surface area contributed by atoms with Crippen LogP contribution in [0.4, 0.5) is 0 Å². The maximum atomic E-state index is 12.1. The number of hydrogen-bond acceptors (Lipinski definition) is 4. The van der Waals surface area contributed by atoms with Gasteiger partial charge in [-0.3, -0.25) is 4.99 Å². The molecule has 0 aliphatic rings. The number of para-hydroxylation sites is 1. The van der Waals surface area contributed by atoms with Gasteiger partial charge in [0.1, 0.15) is 5.75 Å². The summed E-state index contributed by atoms with van der Waals surface area (Å²) >= 11 is 0. The lowest BCUT2D eigenvalue weighted by molar-refractivity contribution is 0.396. The van der Waals surface area contributed by atoms with Crippen molar-refractivity contribution in [2.75, 3.05) is 35.3 Å². The summed E-state index contributed by atoms with van der Waals surface area (Å²) in [7, 11) is 4.97. The van der Waals surface area contributed by atoms with Crippen LogP contribution in [0.1, 0.15) is 11.1 Å². The smallest absolute Gasteiger partial charge is 0.242 e. The summed E-state index contributed by atoms with van der Waals surface area (Å²) in [5.74, 6) is 1.57. The standard InChI is InChI=1S/C20H28N4O3S/c1-21-20(24(4)15-17-8-6-7-9-19(17)27-5)22-14-16-10-12-18(13-11-16)28(25,26)23(2)3/h6-13H,14-15H2,1-5H3,(H,21,22). The number of aliphatic imine (C=N–C) groups is 1. The summed E-state index contributed by atoms with van der Waals surface area (Å²) in [5.41, 5.74) is 2.03. The van der Waals surface area contributed by atoms with Crippen molar-refractivity contribution in [1.29, 1.82) is 0 Å². The Balaban J connectivity index is 2.02. The second-order valence-corrected chi connectivity index (χ2v) is 8.65. The Hall–Kier alpha value is -2.58. The second-order valence-electron chi connectivity index (χ2n) is 6.50. The Morgan fingerprint density at radius 1 is 1.07 bits per heavy atom. The van der Waals surface area contributed by atoms with Gasteiger partial charge in [0.2, 0.25) is 10.0 Å². The molecule has 0 aliphatic carbocycles. The number of guanidine groups is 1. The van der Waals surface area contributed by atoms with Gasteiger partial charge in [-0.15, -0.1) is 0 Å². The lowest BCUT2D eigenvalue weighted by Crippen LogP contribution is -2.38. The number of methoxy groups -OCH3 is 1. The molecule has 0 aromatic heterocycles. The van der Waals surface area contributed by atoms with Crippen LogP contribution >= 0.6 is 0 Å². The van der Waals surface area contributed by atoms with Crippen molar-refractivity contribution in [2.45, 2.75) is 18.0 Å². The molecule has 0 amide bonds. The quantitative estimate of drug-likeness (QED) is 0.565. The topological polar surface area (TPSA) is 74.2 Å². The van der Waals surface area contributed by atoms with Crippen LogP contribution in [0.25, 0.3) is 0 Å². The van der Waals surface area contributed by atoms with E-state index >= 15 is 0 Å². The molecule has 1 N–H and O–H groups in total. The molecule has 0 heterocycles. The van der Waals surface area contributed by atoms with E-state index in [1.54, 1.807) is 38.4 Å². The van der Waals surface area contributed by atoms with Crippen molar-refractivity contribution in [3.63, 3.8) is 0 Å². The van der Waals surface area contributed by atoms with E-state index in [-0.39, 0.29) is 4.90 Å². The Morgan fingerprint density at radius 3 is 2.29 bits per heavy atom. The fraction of sp³-hybridized carbons (Fsp3) is 0.350. The minimum absolute atomic E-state index is 0.277. The highest BCUT2D eigenvalue weighted by Crippen LogP contribution is 2.19. The lowest BCUT2D eigenvalue weighted by atomic mass is 10.2. The summed E-state index contributed by atoms with van der Waals surface area (Å²) in [4.78, 5) is 6.60. The molecule has 2 aromatic carbocycles. The number of hydrogen-bond donors (Lipinski definition) is 1. The number of benzene rings is 2. The number of sulfonamides is 1. The van der Waals surface area contributed by atoms with Gasteiger partial charge in [0.15, 0.2) is 5.96 Å². The zero-order valence-electron chi connectivity index (χ0n) is 17.0. The Labute approximate surface area is 167 Å². The van der Waals surface area contributed by atoms with Crippen LogP contribution < -0.4 is 10.1 Å². The maximum Gasteiger partial charge on any atom is 0.242 e. The van der Waals surface area contributed by atoms with Crippen LogP contribution in [0.2, 0.25) is 0 Å². The summed E-state index contributed by atoms with van der Waals surface area (Å²) in [5, 5.41) is 3.30. The van der Waals surface area contributed by atoms with Crippen molar-refractivity contribution in [2.24, 2.45) is 4.99 Å². The SMILES string of the molecule is CN=C(NCc1ccc(S(=O)(=O)N(C)C)cc1)N(C)Cc1ccccc1OC. The van der Waals surface area contributed by atoms with Gasteiger partial charge in [-0.2, -0.15) is 0 Å². The van der Waals surface area contributed by atoms with Gasteiger partial charge in [0.25, 0.3) is 0 Å². The summed E-state index contributed by atoms with van der Waals surface area (Å²) in [6, 6.07) is 14.7. The minimum atomic E-state index is -3.42. The molecular weight excluding hydrogens is 376 g/mol. The van der Waals surface area contributed by atoms with E-state index in [4.69, 9.17) is 4.74 Å². The average molecular weight is 405 g/mol. The van der Waals surface area contributed by atoms with Crippen molar-refractivity contribution in [3.05, 3.63) is 59.7 Å². The van der Waals surface area contributed by atoms with E-state index in [1.165, 1.54) is 18.4 Å². The first-order chi connectivity index (χ1) is 13.3. The zero-order valence-corrected chi connectivity index (χ0v) is 17.8. The van der Waals surface area contributed by atoms with Gasteiger partial charge in [0.05, 0.1) is 12.0 Å². The first-order valence-corrected chi connectivity index (χ1v) is 10.3. The van der Waals surface area contributed by atoms with Crippen molar-refractivity contribution in [1.82, 2.24) is 14.5 Å². The van der Waals surface area contributed by atoms with Crippen molar-refractivity contribution >= 4 is 16.0 Å². The molecule has 0 aliphatic heterocycles. The molecule has 152 valence electrons. The van der Waals surface area contributed by atoms with Gasteiger partial charge >= 0.3 is 0 Å². The van der Waals surface area contributed by atoms with E-state index in [0.717, 1.165) is 22.8 Å². The normalized spacial score (nSPS) is 12.1. The van der Waals surface area contributed by atoms with Crippen LogP contribution in [-0.4, -0.2) is 58.9 Å². The number of rotatable bonds is 7. The predicted molar refractivity (Wildman–Crippen MR) is 112 cm³/mol. The molecule has 0 spiro atoms. The Morgan fingerprint density at radius 2 is 1.71 bits per heavy atom. The molecular formula is C20H28N4O3S. The van der Waals surface area contributed by atoms with Crippen LogP contribution in [0.3, 0.4) is 0 Å². The summed E-state index contributed by atoms with van der Waals surface area (Å²) in [6.07, 6.45) is 0. The Kier molecular flexibility index (Phi) is 7.42. The van der Waals surface area contributed by atoms with E-state index < -0.39 is 10.0 Å². The molecule has 0 radical (unpaired) electrons. The molecule has 0 saturated heterocycles. The van der Waals surface area contributed by atoms with Gasteiger partial charge in [-0.25, -0.2) is 12.7 Å². The molecule has 2 rings (SSSR count). The minimum Gasteiger partial charge on any atom is -0.496 e. The van der Waals surface area contributed by atoms with E-state index in [1.807, 2.05) is 36.2 Å². The largest absolute Gasteiger partial charge is 0.496 e. The second kappa shape index (κ2) is 9.57. The van der Waals surface area contributed by atoms with Gasteiger partial charge in [-0.1, -0.05) is 30.3 Å². The fourth-order valence-corrected chi connectivity index (χ4v) is 3.62. The van der Waals surface area contributed by atoms with Crippen LogP contribution in [-0.2, 0) is 23.1 Å². The molecule has 0 bridgehead atoms. The van der Waals surface area contributed by atoms with Gasteiger partial charge in [-0.05, 0) is 23.8 Å². The Bertz CT molecular complexity index is 909. The number of ether oxygens (including phenoxy) is 1. The first kappa shape index (κ1) is 21.7. The highest BCUT2D eigenvalue weighted by Gasteiger charge is 2.16. The van der Waals surface area contributed by atoms with E-state index in [9.17, 15) is 8.42 Å². The number of nitrogens with one attached hydrogen (secondary N) is 1. The highest BCUT2D eigenvalue weighted by atomic mass is 32.2. The predicted octanol–water partition coefficient (Wildman–Crippen LogP) is 2.15. The van der Waals surface area contributed by atoms with E-state index in [2.05, 4.69) is 10.3 Å². The monoisotopic (exact) mass is 404 g/mol. The maximum absolute atomic E-state index is 12.1. The number of nitrogens with zero attached hydrogens (tertiary/aromatic N) is 3. The zero-order chi connectivity index (χ0) is 20.7. The van der Waals surface area contributed by atoms with Crippen LogP contribution in [0.5, 0.6) is 5.75 Å². The van der Waals surface area contributed by atoms with Gasteiger partial charge in [0, 0.05) is 46.8 Å². The third-order valence-corrected chi connectivity index (χ3v) is 6.16. The van der Waals surface area contributed by atoms with Crippen LogP contribution in [0.15, 0.2) is 58.4 Å². The van der Waals surface area contributed by atoms with Gasteiger partial charge < -0.3 is 15.0 Å². The molecule has 7 nitrogen and oxygen atoms in total. The van der Waals surface area contributed by atoms with Crippen molar-refractivity contribution < 1.29 is 13.2 Å². The first-order valence-electron chi connectivity index (χ1n) is 8.84. The molecule has 0 saturated carbocycles. The molecule has 0 atom stereocenters. The lowest BCUT2D eigenvalue weighted by Gasteiger charge is -2.23.